The number of aldehydes is 1. The summed E-state index contributed by atoms with van der Waals surface area (Å²) in [6.45, 7) is 6.12. The summed E-state index contributed by atoms with van der Waals surface area (Å²) in [5, 5.41) is 0. The van der Waals surface area contributed by atoms with Crippen LogP contribution in [0.25, 0.3) is 0 Å². The monoisotopic (exact) mass is 160 g/mol. The Labute approximate surface area is 67.7 Å². The van der Waals surface area contributed by atoms with Crippen molar-refractivity contribution in [3.8, 4) is 0 Å². The van der Waals surface area contributed by atoms with Crippen molar-refractivity contribution in [2.45, 2.75) is 33.6 Å². The number of rotatable bonds is 4. The van der Waals surface area contributed by atoms with Crippen LogP contribution < -0.4 is 0 Å². The minimum absolute atomic E-state index is 0.206. The Balaban J connectivity index is 0. The van der Waals surface area contributed by atoms with Crippen LogP contribution in [-0.4, -0.2) is 18.9 Å². The van der Waals surface area contributed by atoms with E-state index in [1.54, 1.807) is 6.92 Å². The zero-order valence-electron chi connectivity index (χ0n) is 7.42. The third-order valence-electron chi connectivity index (χ3n) is 0.772. The maximum Gasteiger partial charge on any atom is 0.306 e. The smallest absolute Gasteiger partial charge is 0.306 e. The van der Waals surface area contributed by atoms with Gasteiger partial charge < -0.3 is 9.53 Å². The van der Waals surface area contributed by atoms with Gasteiger partial charge in [0.15, 0.2) is 0 Å². The van der Waals surface area contributed by atoms with Crippen LogP contribution in [0.1, 0.15) is 33.6 Å². The number of hydrogen-bond donors (Lipinski definition) is 0. The summed E-state index contributed by atoms with van der Waals surface area (Å²) in [7, 11) is 0. The molecule has 3 nitrogen and oxygen atoms in total. The number of esters is 1. The van der Waals surface area contributed by atoms with Gasteiger partial charge in [0.2, 0.25) is 0 Å². The van der Waals surface area contributed by atoms with Crippen molar-refractivity contribution in [2.24, 2.45) is 0 Å². The maximum absolute atomic E-state index is 10.4. The van der Waals surface area contributed by atoms with Gasteiger partial charge in [0.25, 0.3) is 0 Å². The summed E-state index contributed by atoms with van der Waals surface area (Å²) in [6.07, 6.45) is 1.17. The summed E-state index contributed by atoms with van der Waals surface area (Å²) in [5.41, 5.74) is 0. The minimum Gasteiger partial charge on any atom is -0.466 e. The lowest BCUT2D eigenvalue weighted by Crippen LogP contribution is -2.03. The molecule has 0 aliphatic rings. The van der Waals surface area contributed by atoms with E-state index >= 15 is 0 Å². The number of hydrogen-bond acceptors (Lipinski definition) is 3. The van der Waals surface area contributed by atoms with Crippen LogP contribution in [0.2, 0.25) is 0 Å². The Morgan fingerprint density at radius 1 is 1.45 bits per heavy atom. The normalized spacial score (nSPS) is 7.55. The third kappa shape index (κ3) is 12.4. The molecule has 0 rings (SSSR count). The van der Waals surface area contributed by atoms with Crippen molar-refractivity contribution in [3.63, 3.8) is 0 Å². The fraction of sp³-hybridized carbons (Fsp3) is 0.750. The average molecular weight is 160 g/mol. The van der Waals surface area contributed by atoms with Gasteiger partial charge >= 0.3 is 5.97 Å². The molecule has 0 amide bonds. The molecule has 0 aliphatic carbocycles. The zero-order chi connectivity index (χ0) is 9.11. The Hall–Kier alpha value is -0.860. The molecule has 0 aromatic rings. The van der Waals surface area contributed by atoms with Crippen molar-refractivity contribution >= 4 is 12.3 Å². The average Bonchev–Trinajstić information content (AvgIpc) is 2.05. The van der Waals surface area contributed by atoms with Gasteiger partial charge in [-0.05, 0) is 6.92 Å². The van der Waals surface area contributed by atoms with E-state index in [0.29, 0.717) is 12.9 Å². The molecule has 0 saturated carbocycles. The van der Waals surface area contributed by atoms with Gasteiger partial charge in [0, 0.05) is 6.42 Å². The van der Waals surface area contributed by atoms with Crippen LogP contribution in [0.4, 0.5) is 0 Å². The molecule has 0 aromatic carbocycles. The second-order valence-electron chi connectivity index (χ2n) is 1.51. The molecule has 0 aliphatic heterocycles. The van der Waals surface area contributed by atoms with Crippen LogP contribution in [0.3, 0.4) is 0 Å². The van der Waals surface area contributed by atoms with Gasteiger partial charge in [-0.15, -0.1) is 0 Å². The Bertz CT molecular complexity index is 99.5. The highest BCUT2D eigenvalue weighted by atomic mass is 16.5. The number of ether oxygens (including phenoxy) is 1. The topological polar surface area (TPSA) is 43.4 Å². The zero-order valence-corrected chi connectivity index (χ0v) is 7.42. The highest BCUT2D eigenvalue weighted by molar-refractivity contribution is 5.72. The summed E-state index contributed by atoms with van der Waals surface area (Å²) in [4.78, 5) is 20.1. The second-order valence-corrected chi connectivity index (χ2v) is 1.51. The molecular weight excluding hydrogens is 144 g/mol. The van der Waals surface area contributed by atoms with E-state index < -0.39 is 0 Å². The maximum atomic E-state index is 10.4. The van der Waals surface area contributed by atoms with Gasteiger partial charge in [-0.1, -0.05) is 13.8 Å². The molecule has 0 unspecified atom stereocenters. The molecule has 3 heteroatoms. The largest absolute Gasteiger partial charge is 0.466 e. The highest BCUT2D eigenvalue weighted by Crippen LogP contribution is 1.88. The molecule has 0 saturated heterocycles. The Morgan fingerprint density at radius 2 is 2.00 bits per heavy atom. The van der Waals surface area contributed by atoms with Gasteiger partial charge in [-0.2, -0.15) is 0 Å². The first-order valence-electron chi connectivity index (χ1n) is 3.90. The first-order chi connectivity index (χ1) is 5.31. The Kier molecular flexibility index (Phi) is 13.8. The molecular formula is C8H16O3. The quantitative estimate of drug-likeness (QED) is 0.463. The molecule has 0 bridgehead atoms. The fourth-order valence-electron chi connectivity index (χ4n) is 0.410. The van der Waals surface area contributed by atoms with Crippen molar-refractivity contribution in [1.29, 1.82) is 0 Å². The molecule has 0 heterocycles. The predicted octanol–water partition coefficient (Wildman–Crippen LogP) is 1.55. The molecule has 66 valence electrons. The van der Waals surface area contributed by atoms with Crippen LogP contribution >= 0.6 is 0 Å². The number of carbonyl (C=O) groups is 2. The summed E-state index contributed by atoms with van der Waals surface area (Å²) in [5.74, 6) is -0.301. The van der Waals surface area contributed by atoms with Gasteiger partial charge in [-0.25, -0.2) is 0 Å². The van der Waals surface area contributed by atoms with Gasteiger partial charge in [-0.3, -0.25) is 4.79 Å². The highest BCUT2D eigenvalue weighted by Gasteiger charge is 1.97. The second kappa shape index (κ2) is 11.9. The lowest BCUT2D eigenvalue weighted by molar-refractivity contribution is -0.143. The van der Waals surface area contributed by atoms with Crippen LogP contribution in [0.5, 0.6) is 0 Å². The van der Waals surface area contributed by atoms with E-state index in [4.69, 9.17) is 0 Å². The Morgan fingerprint density at radius 3 is 2.36 bits per heavy atom. The van der Waals surface area contributed by atoms with E-state index in [9.17, 15) is 9.59 Å². The standard InChI is InChI=1S/C6H10O3.C2H6/c1-2-9-6(8)4-3-5-7;1-2/h5H,2-4H2,1H3;1-2H3. The van der Waals surface area contributed by atoms with Crippen LogP contribution in [0.15, 0.2) is 0 Å². The van der Waals surface area contributed by atoms with Crippen molar-refractivity contribution in [3.05, 3.63) is 0 Å². The number of carbonyl (C=O) groups excluding carboxylic acids is 2. The molecule has 0 radical (unpaired) electrons. The lowest BCUT2D eigenvalue weighted by atomic mass is 10.3. The van der Waals surface area contributed by atoms with Crippen molar-refractivity contribution in [1.82, 2.24) is 0 Å². The summed E-state index contributed by atoms with van der Waals surface area (Å²) in [6, 6.07) is 0. The van der Waals surface area contributed by atoms with Gasteiger partial charge in [0.1, 0.15) is 6.29 Å². The molecule has 0 atom stereocenters. The van der Waals surface area contributed by atoms with Crippen molar-refractivity contribution < 1.29 is 14.3 Å². The van der Waals surface area contributed by atoms with Crippen molar-refractivity contribution in [2.75, 3.05) is 6.61 Å². The summed E-state index contributed by atoms with van der Waals surface area (Å²) >= 11 is 0. The molecule has 0 N–H and O–H groups in total. The summed E-state index contributed by atoms with van der Waals surface area (Å²) < 4.78 is 4.55. The van der Waals surface area contributed by atoms with E-state index in [1.807, 2.05) is 13.8 Å². The van der Waals surface area contributed by atoms with E-state index in [0.717, 1.165) is 0 Å². The van der Waals surface area contributed by atoms with Crippen LogP contribution in [0, 0.1) is 0 Å². The molecule has 11 heavy (non-hydrogen) atoms. The van der Waals surface area contributed by atoms with E-state index in [1.165, 1.54) is 0 Å². The molecule has 0 aromatic heterocycles. The van der Waals surface area contributed by atoms with E-state index in [2.05, 4.69) is 4.74 Å². The third-order valence-corrected chi connectivity index (χ3v) is 0.772. The first-order valence-corrected chi connectivity index (χ1v) is 3.90. The van der Waals surface area contributed by atoms with E-state index in [-0.39, 0.29) is 18.8 Å². The van der Waals surface area contributed by atoms with Gasteiger partial charge in [0.05, 0.1) is 13.0 Å². The fourth-order valence-corrected chi connectivity index (χ4v) is 0.410. The molecule has 0 fully saturated rings. The molecule has 0 spiro atoms. The first kappa shape index (κ1) is 12.8. The van der Waals surface area contributed by atoms with Crippen LogP contribution in [-0.2, 0) is 14.3 Å². The minimum atomic E-state index is -0.301. The predicted molar refractivity (Wildman–Crippen MR) is 43.3 cm³/mol. The SMILES string of the molecule is CC.CCOC(=O)CCC=O. The lowest BCUT2D eigenvalue weighted by Gasteiger charge is -1.96.